The number of nitrogens with one attached hydrogen (secondary N) is 1. The molecule has 0 radical (unpaired) electrons. The molecule has 2 heterocycles. The molecule has 1 atom stereocenters. The second kappa shape index (κ2) is 12.6. The first-order chi connectivity index (χ1) is 17.9. The Bertz CT molecular complexity index is 1310. The molecule has 5 nitrogen and oxygen atoms in total. The van der Waals surface area contributed by atoms with Gasteiger partial charge in [-0.15, -0.1) is 11.3 Å². The average molecular weight is 534 g/mol. The third-order valence-electron chi connectivity index (χ3n) is 7.04. The molecule has 0 spiro atoms. The SMILES string of the molecule is CCC(Cc1ccccc1)(C(=O)c1ccc(N2CCOCC2)cc1)N(C)C.S=c1[nH]c2ccccc2s1. The minimum Gasteiger partial charge on any atom is -0.378 e. The van der Waals surface area contributed by atoms with Gasteiger partial charge >= 0.3 is 0 Å². The number of H-pyrrole nitrogens is 1. The van der Waals surface area contributed by atoms with E-state index in [9.17, 15) is 4.79 Å². The van der Waals surface area contributed by atoms with E-state index >= 15 is 0 Å². The molecule has 0 saturated carbocycles. The number of ketones is 1. The van der Waals surface area contributed by atoms with Crippen LogP contribution in [0.2, 0.25) is 0 Å². The molecule has 1 N–H and O–H groups in total. The van der Waals surface area contributed by atoms with E-state index in [0.717, 1.165) is 53.4 Å². The van der Waals surface area contributed by atoms with Gasteiger partial charge in [-0.1, -0.05) is 49.4 Å². The summed E-state index contributed by atoms with van der Waals surface area (Å²) in [4.78, 5) is 21.0. The highest BCUT2D eigenvalue weighted by atomic mass is 32.1. The molecule has 194 valence electrons. The number of ether oxygens (including phenoxy) is 1. The number of anilines is 1. The lowest BCUT2D eigenvalue weighted by Gasteiger charge is -2.38. The Hall–Kier alpha value is -2.84. The molecular weight excluding hydrogens is 498 g/mol. The molecule has 0 bridgehead atoms. The van der Waals surface area contributed by atoms with Crippen molar-refractivity contribution in [2.75, 3.05) is 45.3 Å². The zero-order chi connectivity index (χ0) is 26.3. The number of para-hydroxylation sites is 1. The lowest BCUT2D eigenvalue weighted by molar-refractivity contribution is 0.0666. The van der Waals surface area contributed by atoms with Crippen LogP contribution in [0.15, 0.2) is 78.9 Å². The first-order valence-corrected chi connectivity index (χ1v) is 13.9. The molecule has 37 heavy (non-hydrogen) atoms. The van der Waals surface area contributed by atoms with Crippen molar-refractivity contribution in [1.82, 2.24) is 9.88 Å². The van der Waals surface area contributed by atoms with Crippen LogP contribution in [-0.4, -0.2) is 61.6 Å². The first-order valence-electron chi connectivity index (χ1n) is 12.7. The summed E-state index contributed by atoms with van der Waals surface area (Å²) < 4.78 is 7.50. The molecule has 1 aromatic heterocycles. The van der Waals surface area contributed by atoms with Crippen LogP contribution in [0.4, 0.5) is 5.69 Å². The smallest absolute Gasteiger partial charge is 0.183 e. The molecule has 0 aliphatic carbocycles. The lowest BCUT2D eigenvalue weighted by Crippen LogP contribution is -2.52. The zero-order valence-electron chi connectivity index (χ0n) is 21.8. The Morgan fingerprint density at radius 2 is 1.65 bits per heavy atom. The Kier molecular flexibility index (Phi) is 9.27. The number of aromatic nitrogens is 1. The Morgan fingerprint density at radius 1 is 1.00 bits per heavy atom. The number of rotatable bonds is 7. The average Bonchev–Trinajstić information content (AvgIpc) is 3.33. The summed E-state index contributed by atoms with van der Waals surface area (Å²) >= 11 is 6.59. The van der Waals surface area contributed by atoms with E-state index < -0.39 is 5.54 Å². The fourth-order valence-corrected chi connectivity index (χ4v) is 5.90. The summed E-state index contributed by atoms with van der Waals surface area (Å²) in [5, 5.41) is 0. The topological polar surface area (TPSA) is 48.6 Å². The van der Waals surface area contributed by atoms with Crippen molar-refractivity contribution >= 4 is 45.2 Å². The Labute approximate surface area is 228 Å². The predicted molar refractivity (Wildman–Crippen MR) is 158 cm³/mol. The summed E-state index contributed by atoms with van der Waals surface area (Å²) in [7, 11) is 4.01. The first kappa shape index (κ1) is 27.2. The summed E-state index contributed by atoms with van der Waals surface area (Å²) in [6, 6.07) is 26.5. The van der Waals surface area contributed by atoms with Crippen LogP contribution in [0.3, 0.4) is 0 Å². The number of hydrogen-bond acceptors (Lipinski definition) is 6. The van der Waals surface area contributed by atoms with E-state index in [-0.39, 0.29) is 5.78 Å². The van der Waals surface area contributed by atoms with Crippen LogP contribution in [0.25, 0.3) is 10.2 Å². The minimum absolute atomic E-state index is 0.187. The van der Waals surface area contributed by atoms with Crippen molar-refractivity contribution in [1.29, 1.82) is 0 Å². The highest BCUT2D eigenvalue weighted by molar-refractivity contribution is 7.73. The van der Waals surface area contributed by atoms with Gasteiger partial charge in [-0.25, -0.2) is 0 Å². The molecule has 3 aromatic carbocycles. The van der Waals surface area contributed by atoms with Gasteiger partial charge in [0.15, 0.2) is 9.74 Å². The number of benzene rings is 3. The lowest BCUT2D eigenvalue weighted by atomic mass is 9.80. The summed E-state index contributed by atoms with van der Waals surface area (Å²) in [6.07, 6.45) is 1.47. The van der Waals surface area contributed by atoms with Crippen molar-refractivity contribution < 1.29 is 9.53 Å². The van der Waals surface area contributed by atoms with Gasteiger partial charge in [0, 0.05) is 24.3 Å². The minimum atomic E-state index is -0.540. The second-order valence-corrected chi connectivity index (χ2v) is 11.1. The molecule has 1 saturated heterocycles. The number of fused-ring (bicyclic) bond motifs is 1. The molecule has 7 heteroatoms. The van der Waals surface area contributed by atoms with Gasteiger partial charge in [0.1, 0.15) is 0 Å². The van der Waals surface area contributed by atoms with E-state index in [0.29, 0.717) is 6.42 Å². The van der Waals surface area contributed by atoms with Gasteiger partial charge in [0.05, 0.1) is 29.0 Å². The number of aromatic amines is 1. The highest BCUT2D eigenvalue weighted by Crippen LogP contribution is 2.29. The van der Waals surface area contributed by atoms with Gasteiger partial charge in [0.25, 0.3) is 0 Å². The van der Waals surface area contributed by atoms with Crippen LogP contribution in [0, 0.1) is 3.95 Å². The number of carbonyl (C=O) groups is 1. The van der Waals surface area contributed by atoms with Gasteiger partial charge in [-0.05, 0) is 81.1 Å². The van der Waals surface area contributed by atoms with E-state index in [1.807, 2.05) is 62.6 Å². The quantitative estimate of drug-likeness (QED) is 0.214. The molecule has 1 aliphatic heterocycles. The van der Waals surface area contributed by atoms with Crippen molar-refractivity contribution in [2.24, 2.45) is 0 Å². The molecular formula is C30H35N3O2S2. The summed E-state index contributed by atoms with van der Waals surface area (Å²) in [5.41, 5.74) is 3.72. The number of likely N-dealkylation sites (N-methyl/N-ethyl adjacent to an activating group) is 1. The van der Waals surface area contributed by atoms with Gasteiger partial charge < -0.3 is 14.6 Å². The van der Waals surface area contributed by atoms with E-state index in [1.54, 1.807) is 11.3 Å². The predicted octanol–water partition coefficient (Wildman–Crippen LogP) is 6.62. The van der Waals surface area contributed by atoms with Gasteiger partial charge in [-0.3, -0.25) is 9.69 Å². The van der Waals surface area contributed by atoms with Crippen molar-refractivity contribution in [3.8, 4) is 0 Å². The fourth-order valence-electron chi connectivity index (χ4n) is 4.78. The summed E-state index contributed by atoms with van der Waals surface area (Å²) in [5.74, 6) is 0.187. The molecule has 0 amide bonds. The maximum absolute atomic E-state index is 13.6. The maximum Gasteiger partial charge on any atom is 0.183 e. The fraction of sp³-hybridized carbons (Fsp3) is 0.333. The number of nitrogens with zero attached hydrogens (tertiary/aromatic N) is 2. The van der Waals surface area contributed by atoms with Crippen LogP contribution in [-0.2, 0) is 11.2 Å². The molecule has 1 unspecified atom stereocenters. The van der Waals surface area contributed by atoms with E-state index in [2.05, 4.69) is 52.0 Å². The highest BCUT2D eigenvalue weighted by Gasteiger charge is 2.39. The van der Waals surface area contributed by atoms with Crippen LogP contribution in [0.5, 0.6) is 0 Å². The molecule has 5 rings (SSSR count). The number of carbonyl (C=O) groups excluding carboxylic acids is 1. The Balaban J connectivity index is 0.000000265. The number of thiazole rings is 1. The monoisotopic (exact) mass is 533 g/mol. The standard InChI is InChI=1S/C23H30N2O2.C7H5NS2/c1-4-23(24(2)3,18-19-8-6-5-7-9-19)22(26)20-10-12-21(13-11-20)25-14-16-27-17-15-25;9-7-8-5-3-1-2-4-6(5)10-7/h5-13H,4,14-18H2,1-3H3;1-4H,(H,8,9). The largest absolute Gasteiger partial charge is 0.378 e. The number of Topliss-reactive ketones (excluding diaryl/α,β-unsaturated/α-hetero) is 1. The molecule has 4 aromatic rings. The van der Waals surface area contributed by atoms with E-state index in [4.69, 9.17) is 17.0 Å². The normalized spacial score (nSPS) is 15.2. The van der Waals surface area contributed by atoms with Crippen LogP contribution in [0.1, 0.15) is 29.3 Å². The third kappa shape index (κ3) is 6.54. The van der Waals surface area contributed by atoms with Gasteiger partial charge in [0.2, 0.25) is 0 Å². The second-order valence-electron chi connectivity index (χ2n) is 9.43. The van der Waals surface area contributed by atoms with Gasteiger partial charge in [-0.2, -0.15) is 0 Å². The van der Waals surface area contributed by atoms with E-state index in [1.165, 1.54) is 10.3 Å². The van der Waals surface area contributed by atoms with Crippen molar-refractivity contribution in [3.05, 3.63) is 93.9 Å². The van der Waals surface area contributed by atoms with Crippen molar-refractivity contribution in [3.63, 3.8) is 0 Å². The number of morpholine rings is 1. The van der Waals surface area contributed by atoms with Crippen LogP contribution >= 0.6 is 23.6 Å². The van der Waals surface area contributed by atoms with Crippen molar-refractivity contribution in [2.45, 2.75) is 25.3 Å². The molecule has 1 fully saturated rings. The van der Waals surface area contributed by atoms with Crippen LogP contribution < -0.4 is 4.90 Å². The number of hydrogen-bond donors (Lipinski definition) is 1. The third-order valence-corrected chi connectivity index (χ3v) is 8.25. The zero-order valence-corrected chi connectivity index (χ0v) is 23.4. The maximum atomic E-state index is 13.6. The molecule has 1 aliphatic rings. The summed E-state index contributed by atoms with van der Waals surface area (Å²) in [6.45, 7) is 5.42. The Morgan fingerprint density at radius 3 is 2.27 bits per heavy atom.